The van der Waals surface area contributed by atoms with Gasteiger partial charge in [-0.1, -0.05) is 12.1 Å². The summed E-state index contributed by atoms with van der Waals surface area (Å²) >= 11 is 0. The molecule has 1 aromatic rings. The van der Waals surface area contributed by atoms with Crippen molar-refractivity contribution in [2.75, 3.05) is 34.3 Å². The summed E-state index contributed by atoms with van der Waals surface area (Å²) in [7, 11) is 5.94. The van der Waals surface area contributed by atoms with Crippen LogP contribution in [0.3, 0.4) is 0 Å². The summed E-state index contributed by atoms with van der Waals surface area (Å²) < 4.78 is 5.49. The topological polar surface area (TPSA) is 24.5 Å². The lowest BCUT2D eigenvalue weighted by atomic mass is 10.1. The van der Waals surface area contributed by atoms with Crippen LogP contribution in [-0.2, 0) is 6.54 Å². The summed E-state index contributed by atoms with van der Waals surface area (Å²) in [5, 5.41) is 3.45. The molecule has 0 heterocycles. The molecule has 1 N–H and O–H groups in total. The van der Waals surface area contributed by atoms with Crippen molar-refractivity contribution in [3.63, 3.8) is 0 Å². The van der Waals surface area contributed by atoms with Crippen LogP contribution >= 0.6 is 0 Å². The predicted molar refractivity (Wildman–Crippen MR) is 75.2 cm³/mol. The number of hydrogen-bond acceptors (Lipinski definition) is 3. The van der Waals surface area contributed by atoms with E-state index in [9.17, 15) is 0 Å². The van der Waals surface area contributed by atoms with Crippen molar-refractivity contribution >= 4 is 0 Å². The molecule has 1 saturated carbocycles. The number of nitrogens with one attached hydrogen (secondary N) is 1. The Labute approximate surface area is 110 Å². The van der Waals surface area contributed by atoms with Crippen molar-refractivity contribution in [2.45, 2.75) is 25.3 Å². The fraction of sp³-hybridized carbons (Fsp3) is 0.600. The van der Waals surface area contributed by atoms with Gasteiger partial charge in [0.15, 0.2) is 0 Å². The Bertz CT molecular complexity index is 386. The summed E-state index contributed by atoms with van der Waals surface area (Å²) in [4.78, 5) is 2.18. The van der Waals surface area contributed by atoms with Gasteiger partial charge in [0.2, 0.25) is 0 Å². The van der Waals surface area contributed by atoms with E-state index in [-0.39, 0.29) is 0 Å². The van der Waals surface area contributed by atoms with E-state index in [4.69, 9.17) is 4.74 Å². The second-order valence-electron chi connectivity index (χ2n) is 5.33. The first-order valence-corrected chi connectivity index (χ1v) is 6.73. The van der Waals surface area contributed by atoms with Crippen LogP contribution < -0.4 is 10.1 Å². The summed E-state index contributed by atoms with van der Waals surface area (Å²) in [6.45, 7) is 2.94. The van der Waals surface area contributed by atoms with Crippen LogP contribution in [0.2, 0.25) is 0 Å². The molecule has 18 heavy (non-hydrogen) atoms. The first-order valence-electron chi connectivity index (χ1n) is 6.73. The van der Waals surface area contributed by atoms with Crippen LogP contribution in [-0.4, -0.2) is 39.2 Å². The van der Waals surface area contributed by atoms with Crippen molar-refractivity contribution in [1.29, 1.82) is 0 Å². The number of hydrogen-bond donors (Lipinski definition) is 1. The van der Waals surface area contributed by atoms with Crippen LogP contribution in [0.5, 0.6) is 5.75 Å². The van der Waals surface area contributed by atoms with Gasteiger partial charge in [-0.25, -0.2) is 0 Å². The highest BCUT2D eigenvalue weighted by atomic mass is 16.5. The van der Waals surface area contributed by atoms with Crippen LogP contribution in [0.25, 0.3) is 0 Å². The van der Waals surface area contributed by atoms with E-state index >= 15 is 0 Å². The minimum atomic E-state index is 0.787. The Morgan fingerprint density at radius 3 is 2.72 bits per heavy atom. The largest absolute Gasteiger partial charge is 0.496 e. The standard InChI is InChI=1S/C15H24N2O/c1-17(2)9-8-16-11-14-7-6-13(12-4-5-12)10-15(14)18-3/h6-7,10,12,16H,4-5,8-9,11H2,1-3H3. The Hall–Kier alpha value is -1.06. The van der Waals surface area contributed by atoms with E-state index in [1.165, 1.54) is 24.0 Å². The maximum Gasteiger partial charge on any atom is 0.123 e. The lowest BCUT2D eigenvalue weighted by molar-refractivity contribution is 0.392. The van der Waals surface area contributed by atoms with Crippen molar-refractivity contribution in [3.05, 3.63) is 29.3 Å². The molecule has 2 rings (SSSR count). The number of likely N-dealkylation sites (N-methyl/N-ethyl adjacent to an activating group) is 1. The summed E-state index contributed by atoms with van der Waals surface area (Å²) in [6, 6.07) is 6.67. The van der Waals surface area contributed by atoms with Crippen molar-refractivity contribution in [2.24, 2.45) is 0 Å². The lowest BCUT2D eigenvalue weighted by Gasteiger charge is -2.13. The lowest BCUT2D eigenvalue weighted by Crippen LogP contribution is -2.26. The average molecular weight is 248 g/mol. The molecule has 0 atom stereocenters. The van der Waals surface area contributed by atoms with E-state index in [2.05, 4.69) is 42.5 Å². The van der Waals surface area contributed by atoms with Gasteiger partial charge in [0.05, 0.1) is 7.11 Å². The molecule has 0 aliphatic heterocycles. The molecular weight excluding hydrogens is 224 g/mol. The third kappa shape index (κ3) is 3.72. The summed E-state index contributed by atoms with van der Waals surface area (Å²) in [6.07, 6.45) is 2.67. The highest BCUT2D eigenvalue weighted by Crippen LogP contribution is 2.41. The summed E-state index contributed by atoms with van der Waals surface area (Å²) in [5.41, 5.74) is 2.68. The van der Waals surface area contributed by atoms with E-state index < -0.39 is 0 Å². The monoisotopic (exact) mass is 248 g/mol. The van der Waals surface area contributed by atoms with Gasteiger partial charge in [-0.2, -0.15) is 0 Å². The highest BCUT2D eigenvalue weighted by Gasteiger charge is 2.24. The first-order chi connectivity index (χ1) is 8.70. The van der Waals surface area contributed by atoms with Gasteiger partial charge in [-0.05, 0) is 44.5 Å². The molecular formula is C15H24N2O. The molecule has 0 radical (unpaired) electrons. The van der Waals surface area contributed by atoms with Gasteiger partial charge < -0.3 is 15.0 Å². The molecule has 3 nitrogen and oxygen atoms in total. The normalized spacial score (nSPS) is 15.1. The molecule has 1 aliphatic carbocycles. The van der Waals surface area contributed by atoms with Gasteiger partial charge in [-0.15, -0.1) is 0 Å². The predicted octanol–water partition coefficient (Wildman–Crippen LogP) is 2.22. The molecule has 1 aromatic carbocycles. The Morgan fingerprint density at radius 1 is 1.33 bits per heavy atom. The summed E-state index contributed by atoms with van der Waals surface area (Å²) in [5.74, 6) is 1.81. The van der Waals surface area contributed by atoms with E-state index in [0.29, 0.717) is 0 Å². The molecule has 1 fully saturated rings. The number of methoxy groups -OCH3 is 1. The van der Waals surface area contributed by atoms with Crippen molar-refractivity contribution in [1.82, 2.24) is 10.2 Å². The smallest absolute Gasteiger partial charge is 0.123 e. The number of benzene rings is 1. The minimum absolute atomic E-state index is 0.787. The molecule has 0 saturated heterocycles. The molecule has 1 aliphatic rings. The molecule has 0 amide bonds. The zero-order valence-corrected chi connectivity index (χ0v) is 11.7. The number of ether oxygens (including phenoxy) is 1. The first kappa shape index (κ1) is 13.4. The van der Waals surface area contributed by atoms with Crippen molar-refractivity contribution in [3.8, 4) is 5.75 Å². The Kier molecular flexibility index (Phi) is 4.61. The molecule has 0 unspecified atom stereocenters. The minimum Gasteiger partial charge on any atom is -0.496 e. The van der Waals surface area contributed by atoms with E-state index in [0.717, 1.165) is 31.3 Å². The molecule has 0 aromatic heterocycles. The molecule has 0 bridgehead atoms. The van der Waals surface area contributed by atoms with Gasteiger partial charge in [0.25, 0.3) is 0 Å². The molecule has 100 valence electrons. The van der Waals surface area contributed by atoms with E-state index in [1.807, 2.05) is 0 Å². The number of nitrogens with zero attached hydrogens (tertiary/aromatic N) is 1. The van der Waals surface area contributed by atoms with Gasteiger partial charge >= 0.3 is 0 Å². The van der Waals surface area contributed by atoms with Crippen LogP contribution in [0.4, 0.5) is 0 Å². The van der Waals surface area contributed by atoms with Crippen LogP contribution in [0.1, 0.15) is 29.9 Å². The third-order valence-electron chi connectivity index (χ3n) is 3.41. The zero-order chi connectivity index (χ0) is 13.0. The highest BCUT2D eigenvalue weighted by molar-refractivity contribution is 5.40. The fourth-order valence-electron chi connectivity index (χ4n) is 2.10. The van der Waals surface area contributed by atoms with Gasteiger partial charge in [-0.3, -0.25) is 0 Å². The maximum absolute atomic E-state index is 5.49. The van der Waals surface area contributed by atoms with Gasteiger partial charge in [0.1, 0.15) is 5.75 Å². The van der Waals surface area contributed by atoms with Gasteiger partial charge in [0, 0.05) is 25.2 Å². The third-order valence-corrected chi connectivity index (χ3v) is 3.41. The van der Waals surface area contributed by atoms with Crippen molar-refractivity contribution < 1.29 is 4.74 Å². The second-order valence-corrected chi connectivity index (χ2v) is 5.33. The Morgan fingerprint density at radius 2 is 2.11 bits per heavy atom. The average Bonchev–Trinajstić information content (AvgIpc) is 3.18. The SMILES string of the molecule is COc1cc(C2CC2)ccc1CNCCN(C)C. The van der Waals surface area contributed by atoms with E-state index in [1.54, 1.807) is 7.11 Å². The second kappa shape index (κ2) is 6.21. The zero-order valence-electron chi connectivity index (χ0n) is 11.7. The quantitative estimate of drug-likeness (QED) is 0.749. The Balaban J connectivity index is 1.90. The van der Waals surface area contributed by atoms with Crippen LogP contribution in [0.15, 0.2) is 18.2 Å². The fourth-order valence-corrected chi connectivity index (χ4v) is 2.10. The molecule has 3 heteroatoms. The molecule has 0 spiro atoms. The van der Waals surface area contributed by atoms with Crippen LogP contribution in [0, 0.1) is 0 Å². The maximum atomic E-state index is 5.49. The number of rotatable bonds is 7.